The molecule has 0 saturated heterocycles. The lowest BCUT2D eigenvalue weighted by atomic mass is 9.95. The third-order valence-corrected chi connectivity index (χ3v) is 4.83. The summed E-state index contributed by atoms with van der Waals surface area (Å²) in [7, 11) is 0. The van der Waals surface area contributed by atoms with E-state index >= 15 is 0 Å². The number of nitrogens with one attached hydrogen (secondary N) is 2. The Kier molecular flexibility index (Phi) is 6.30. The van der Waals surface area contributed by atoms with Crippen LogP contribution in [0.1, 0.15) is 44.8 Å². The van der Waals surface area contributed by atoms with Crippen LogP contribution in [0, 0.1) is 6.92 Å². The van der Waals surface area contributed by atoms with Crippen molar-refractivity contribution >= 4 is 29.4 Å². The second-order valence-electron chi connectivity index (χ2n) is 5.67. The van der Waals surface area contributed by atoms with E-state index in [4.69, 9.17) is 4.52 Å². The van der Waals surface area contributed by atoms with Crippen molar-refractivity contribution in [3.05, 3.63) is 11.8 Å². The van der Waals surface area contributed by atoms with Crippen molar-refractivity contribution in [2.75, 3.05) is 11.1 Å². The van der Waals surface area contributed by atoms with Gasteiger partial charge in [0.05, 0.1) is 11.0 Å². The van der Waals surface area contributed by atoms with Crippen molar-refractivity contribution in [1.29, 1.82) is 0 Å². The summed E-state index contributed by atoms with van der Waals surface area (Å²) < 4.78 is 4.89. The fraction of sp³-hybridized carbons (Fsp3) is 0.667. The largest absolute Gasteiger partial charge is 0.360 e. The fourth-order valence-corrected chi connectivity index (χ4v) is 3.14. The number of aryl methyl sites for hydroxylation is 1. The van der Waals surface area contributed by atoms with E-state index in [9.17, 15) is 9.59 Å². The van der Waals surface area contributed by atoms with Crippen LogP contribution in [-0.4, -0.2) is 34.0 Å². The van der Waals surface area contributed by atoms with E-state index in [0.717, 1.165) is 12.8 Å². The molecule has 22 heavy (non-hydrogen) atoms. The van der Waals surface area contributed by atoms with Crippen molar-refractivity contribution in [3.8, 4) is 0 Å². The predicted octanol–water partition coefficient (Wildman–Crippen LogP) is 2.49. The minimum Gasteiger partial charge on any atom is -0.360 e. The average Bonchev–Trinajstić information content (AvgIpc) is 2.91. The molecule has 0 aliphatic heterocycles. The van der Waals surface area contributed by atoms with Gasteiger partial charge in [-0.2, -0.15) is 0 Å². The van der Waals surface area contributed by atoms with Crippen molar-refractivity contribution in [3.63, 3.8) is 0 Å². The lowest BCUT2D eigenvalue weighted by molar-refractivity contribution is -0.119. The summed E-state index contributed by atoms with van der Waals surface area (Å²) >= 11 is 1.32. The Balaban J connectivity index is 1.68. The van der Waals surface area contributed by atoms with Crippen LogP contribution in [-0.2, 0) is 9.59 Å². The molecule has 1 aromatic rings. The molecule has 7 heteroatoms. The third kappa shape index (κ3) is 5.36. The highest BCUT2D eigenvalue weighted by Crippen LogP contribution is 2.18. The number of thioether (sulfide) groups is 1. The Morgan fingerprint density at radius 3 is 2.77 bits per heavy atom. The van der Waals surface area contributed by atoms with E-state index < -0.39 is 0 Å². The molecule has 0 aromatic carbocycles. The van der Waals surface area contributed by atoms with Gasteiger partial charge in [-0.05, 0) is 26.7 Å². The molecule has 0 bridgehead atoms. The molecule has 1 fully saturated rings. The first-order chi connectivity index (χ1) is 10.5. The van der Waals surface area contributed by atoms with Crippen molar-refractivity contribution in [2.45, 2.75) is 57.2 Å². The van der Waals surface area contributed by atoms with Crippen LogP contribution >= 0.6 is 11.8 Å². The highest BCUT2D eigenvalue weighted by Gasteiger charge is 2.19. The van der Waals surface area contributed by atoms with Gasteiger partial charge in [-0.1, -0.05) is 24.4 Å². The zero-order valence-electron chi connectivity index (χ0n) is 13.1. The first kappa shape index (κ1) is 16.9. The Morgan fingerprint density at radius 2 is 2.14 bits per heavy atom. The molecule has 2 rings (SSSR count). The number of nitrogens with zero attached hydrogens (tertiary/aromatic N) is 1. The fourth-order valence-electron chi connectivity index (χ4n) is 2.45. The van der Waals surface area contributed by atoms with Gasteiger partial charge in [0.2, 0.25) is 11.8 Å². The maximum absolute atomic E-state index is 12.0. The van der Waals surface area contributed by atoms with Gasteiger partial charge in [-0.3, -0.25) is 9.59 Å². The Hall–Kier alpha value is -1.50. The second kappa shape index (κ2) is 8.22. The second-order valence-corrected chi connectivity index (χ2v) is 7.00. The number of carbonyl (C=O) groups is 2. The zero-order chi connectivity index (χ0) is 15.9. The molecule has 1 saturated carbocycles. The number of carbonyl (C=O) groups excluding carboxylic acids is 2. The first-order valence-corrected chi connectivity index (χ1v) is 8.74. The van der Waals surface area contributed by atoms with Gasteiger partial charge < -0.3 is 15.2 Å². The predicted molar refractivity (Wildman–Crippen MR) is 86.8 cm³/mol. The quantitative estimate of drug-likeness (QED) is 0.839. The highest BCUT2D eigenvalue weighted by atomic mass is 32.2. The number of amides is 2. The van der Waals surface area contributed by atoms with E-state index in [1.807, 2.05) is 0 Å². The lowest BCUT2D eigenvalue weighted by Gasteiger charge is -2.22. The summed E-state index contributed by atoms with van der Waals surface area (Å²) in [6.45, 7) is 3.54. The molecule has 2 amide bonds. The van der Waals surface area contributed by atoms with Gasteiger partial charge in [0.1, 0.15) is 5.76 Å². The molecule has 122 valence electrons. The van der Waals surface area contributed by atoms with E-state index in [-0.39, 0.29) is 17.1 Å². The molecule has 1 aliphatic carbocycles. The van der Waals surface area contributed by atoms with Crippen molar-refractivity contribution in [2.24, 2.45) is 0 Å². The van der Waals surface area contributed by atoms with Gasteiger partial charge in [-0.25, -0.2) is 0 Å². The average molecular weight is 325 g/mol. The Bertz CT molecular complexity index is 512. The number of rotatable bonds is 6. The first-order valence-electron chi connectivity index (χ1n) is 7.70. The number of aromatic nitrogens is 1. The SMILES string of the molecule is Cc1cc(NC(=O)C(C)SCC(=O)NC2CCCCC2)no1. The lowest BCUT2D eigenvalue weighted by Crippen LogP contribution is -2.37. The van der Waals surface area contributed by atoms with Crippen LogP contribution in [0.5, 0.6) is 0 Å². The van der Waals surface area contributed by atoms with Gasteiger partial charge in [0.25, 0.3) is 0 Å². The summed E-state index contributed by atoms with van der Waals surface area (Å²) in [5, 5.41) is 9.11. The standard InChI is InChI=1S/C15H23N3O3S/c1-10-8-13(18-21-10)17-15(20)11(2)22-9-14(19)16-12-6-4-3-5-7-12/h8,11-12H,3-7,9H2,1-2H3,(H,16,19)(H,17,18,20). The maximum Gasteiger partial charge on any atom is 0.238 e. The topological polar surface area (TPSA) is 84.2 Å². The van der Waals surface area contributed by atoms with Crippen LogP contribution in [0.4, 0.5) is 5.82 Å². The van der Waals surface area contributed by atoms with E-state index in [2.05, 4.69) is 15.8 Å². The number of anilines is 1. The number of hydrogen-bond donors (Lipinski definition) is 2. The molecular formula is C15H23N3O3S. The van der Waals surface area contributed by atoms with E-state index in [1.54, 1.807) is 19.9 Å². The van der Waals surface area contributed by atoms with Gasteiger partial charge >= 0.3 is 0 Å². The summed E-state index contributed by atoms with van der Waals surface area (Å²) in [6, 6.07) is 1.97. The summed E-state index contributed by atoms with van der Waals surface area (Å²) in [6.07, 6.45) is 5.78. The smallest absolute Gasteiger partial charge is 0.238 e. The Labute approximate surface area is 134 Å². The van der Waals surface area contributed by atoms with E-state index in [0.29, 0.717) is 23.4 Å². The Morgan fingerprint density at radius 1 is 1.41 bits per heavy atom. The third-order valence-electron chi connectivity index (χ3n) is 3.68. The molecule has 2 N–H and O–H groups in total. The van der Waals surface area contributed by atoms with Crippen LogP contribution in [0.25, 0.3) is 0 Å². The molecular weight excluding hydrogens is 302 g/mol. The molecule has 0 spiro atoms. The zero-order valence-corrected chi connectivity index (χ0v) is 13.9. The summed E-state index contributed by atoms with van der Waals surface area (Å²) in [5.74, 6) is 1.17. The van der Waals surface area contributed by atoms with Crippen molar-refractivity contribution in [1.82, 2.24) is 10.5 Å². The maximum atomic E-state index is 12.0. The van der Waals surface area contributed by atoms with Gasteiger partial charge in [0.15, 0.2) is 5.82 Å². The van der Waals surface area contributed by atoms with Crippen LogP contribution in [0.15, 0.2) is 10.6 Å². The molecule has 1 heterocycles. The highest BCUT2D eigenvalue weighted by molar-refractivity contribution is 8.01. The molecule has 1 aliphatic rings. The van der Waals surface area contributed by atoms with Crippen molar-refractivity contribution < 1.29 is 14.1 Å². The normalized spacial score (nSPS) is 17.0. The summed E-state index contributed by atoms with van der Waals surface area (Å²) in [5.41, 5.74) is 0. The molecule has 1 unspecified atom stereocenters. The van der Waals surface area contributed by atoms with Crippen LogP contribution < -0.4 is 10.6 Å². The van der Waals surface area contributed by atoms with Gasteiger partial charge in [-0.15, -0.1) is 11.8 Å². The minimum atomic E-state index is -0.325. The summed E-state index contributed by atoms with van der Waals surface area (Å²) in [4.78, 5) is 23.9. The monoisotopic (exact) mass is 325 g/mol. The number of hydrogen-bond acceptors (Lipinski definition) is 5. The molecule has 1 aromatic heterocycles. The van der Waals surface area contributed by atoms with Gasteiger partial charge in [0, 0.05) is 12.1 Å². The van der Waals surface area contributed by atoms with Crippen LogP contribution in [0.3, 0.4) is 0 Å². The molecule has 0 radical (unpaired) electrons. The van der Waals surface area contributed by atoms with E-state index in [1.165, 1.54) is 31.0 Å². The molecule has 6 nitrogen and oxygen atoms in total. The minimum absolute atomic E-state index is 0.00818. The van der Waals surface area contributed by atoms with Crippen LogP contribution in [0.2, 0.25) is 0 Å². The molecule has 1 atom stereocenters.